The lowest BCUT2D eigenvalue weighted by Crippen LogP contribution is -2.45. The Morgan fingerprint density at radius 1 is 1.24 bits per heavy atom. The zero-order valence-electron chi connectivity index (χ0n) is 14.0. The minimum absolute atomic E-state index is 0.0974. The number of hydrogen-bond acceptors (Lipinski definition) is 4. The van der Waals surface area contributed by atoms with Crippen LogP contribution >= 0.6 is 0 Å². The molecule has 0 spiro atoms. The predicted octanol–water partition coefficient (Wildman–Crippen LogP) is 2.70. The van der Waals surface area contributed by atoms with Gasteiger partial charge in [-0.05, 0) is 42.7 Å². The van der Waals surface area contributed by atoms with Gasteiger partial charge in [0.25, 0.3) is 5.91 Å². The van der Waals surface area contributed by atoms with Crippen LogP contribution in [0.1, 0.15) is 41.3 Å². The molecule has 2 aromatic rings. The molecule has 4 rings (SSSR count). The number of aromatic nitrogens is 1. The average molecular weight is 336 g/mol. The topological polar surface area (TPSA) is 74.3 Å². The van der Waals surface area contributed by atoms with Crippen molar-refractivity contribution in [3.8, 4) is 0 Å². The molecule has 1 aromatic carbocycles. The molecule has 0 radical (unpaired) electrons. The maximum Gasteiger partial charge on any atom is 0.256 e. The summed E-state index contributed by atoms with van der Waals surface area (Å²) < 4.78 is 0. The maximum atomic E-state index is 12.3. The molecule has 0 saturated heterocycles. The Balaban J connectivity index is 1.52. The van der Waals surface area contributed by atoms with Gasteiger partial charge in [0.2, 0.25) is 5.91 Å². The summed E-state index contributed by atoms with van der Waals surface area (Å²) in [5.41, 5.74) is 2.29. The van der Waals surface area contributed by atoms with E-state index in [0.29, 0.717) is 11.4 Å². The second-order valence-electron chi connectivity index (χ2n) is 6.60. The zero-order chi connectivity index (χ0) is 17.4. The van der Waals surface area contributed by atoms with Gasteiger partial charge in [0.1, 0.15) is 12.0 Å². The third-order valence-corrected chi connectivity index (χ3v) is 4.99. The monoisotopic (exact) mass is 336 g/mol. The fourth-order valence-electron chi connectivity index (χ4n) is 3.25. The minimum Gasteiger partial charge on any atom is -0.335 e. The fraction of sp³-hybridized carbons (Fsp3) is 0.316. The van der Waals surface area contributed by atoms with Crippen LogP contribution in [0.3, 0.4) is 0 Å². The number of fused-ring (bicyclic) bond motifs is 1. The molecule has 0 bridgehead atoms. The highest BCUT2D eigenvalue weighted by atomic mass is 16.2. The van der Waals surface area contributed by atoms with E-state index in [4.69, 9.17) is 0 Å². The van der Waals surface area contributed by atoms with Gasteiger partial charge in [0.15, 0.2) is 0 Å². The van der Waals surface area contributed by atoms with E-state index in [0.717, 1.165) is 30.5 Å². The number of carbonyl (C=O) groups excluding carboxylic acids is 2. The third-order valence-electron chi connectivity index (χ3n) is 4.99. The van der Waals surface area contributed by atoms with Crippen LogP contribution in [0.5, 0.6) is 0 Å². The summed E-state index contributed by atoms with van der Waals surface area (Å²) >= 11 is 0. The SMILES string of the molecule is CN1c2ncccc2C(=O)N[C@@H]1c1ccc(NC(=O)C2CCC2)cc1. The number of amides is 2. The highest BCUT2D eigenvalue weighted by molar-refractivity contribution is 6.01. The van der Waals surface area contributed by atoms with Crippen LogP contribution in [0.4, 0.5) is 11.5 Å². The molecule has 2 heterocycles. The molecule has 0 unspecified atom stereocenters. The average Bonchev–Trinajstić information content (AvgIpc) is 2.57. The Kier molecular flexibility index (Phi) is 3.87. The van der Waals surface area contributed by atoms with E-state index in [2.05, 4.69) is 15.6 Å². The van der Waals surface area contributed by atoms with Crippen LogP contribution in [0.2, 0.25) is 0 Å². The first-order valence-corrected chi connectivity index (χ1v) is 8.53. The van der Waals surface area contributed by atoms with Crippen molar-refractivity contribution >= 4 is 23.3 Å². The number of benzene rings is 1. The van der Waals surface area contributed by atoms with Crippen molar-refractivity contribution in [3.05, 3.63) is 53.7 Å². The molecule has 1 aliphatic carbocycles. The maximum absolute atomic E-state index is 12.3. The Morgan fingerprint density at radius 2 is 2.00 bits per heavy atom. The molecule has 1 fully saturated rings. The molecule has 25 heavy (non-hydrogen) atoms. The van der Waals surface area contributed by atoms with Gasteiger partial charge in [-0.2, -0.15) is 0 Å². The van der Waals surface area contributed by atoms with Crippen molar-refractivity contribution < 1.29 is 9.59 Å². The first-order valence-electron chi connectivity index (χ1n) is 8.53. The van der Waals surface area contributed by atoms with Crippen LogP contribution in [0.15, 0.2) is 42.6 Å². The van der Waals surface area contributed by atoms with Crippen molar-refractivity contribution in [1.82, 2.24) is 10.3 Å². The van der Waals surface area contributed by atoms with E-state index in [-0.39, 0.29) is 23.9 Å². The molecular formula is C19H20N4O2. The second-order valence-corrected chi connectivity index (χ2v) is 6.60. The second kappa shape index (κ2) is 6.20. The smallest absolute Gasteiger partial charge is 0.256 e. The largest absolute Gasteiger partial charge is 0.335 e. The summed E-state index contributed by atoms with van der Waals surface area (Å²) in [4.78, 5) is 30.6. The summed E-state index contributed by atoms with van der Waals surface area (Å²) in [6.45, 7) is 0. The van der Waals surface area contributed by atoms with E-state index in [1.807, 2.05) is 36.2 Å². The Hall–Kier alpha value is -2.89. The summed E-state index contributed by atoms with van der Waals surface area (Å²) in [5.74, 6) is 0.790. The van der Waals surface area contributed by atoms with Crippen molar-refractivity contribution in [2.45, 2.75) is 25.4 Å². The number of rotatable bonds is 3. The zero-order valence-corrected chi connectivity index (χ0v) is 14.0. The number of pyridine rings is 1. The van der Waals surface area contributed by atoms with Crippen molar-refractivity contribution in [3.63, 3.8) is 0 Å². The molecule has 1 atom stereocenters. The van der Waals surface area contributed by atoms with E-state index >= 15 is 0 Å². The molecule has 6 nitrogen and oxygen atoms in total. The summed E-state index contributed by atoms with van der Waals surface area (Å²) in [7, 11) is 1.90. The molecule has 6 heteroatoms. The van der Waals surface area contributed by atoms with E-state index in [1.165, 1.54) is 0 Å². The predicted molar refractivity (Wildman–Crippen MR) is 95.3 cm³/mol. The number of nitrogens with one attached hydrogen (secondary N) is 2. The van der Waals surface area contributed by atoms with Crippen LogP contribution in [0.25, 0.3) is 0 Å². The summed E-state index contributed by atoms with van der Waals surface area (Å²) in [6, 6.07) is 11.1. The Labute approximate surface area is 146 Å². The van der Waals surface area contributed by atoms with Gasteiger partial charge in [-0.25, -0.2) is 4.98 Å². The van der Waals surface area contributed by atoms with Crippen LogP contribution < -0.4 is 15.5 Å². The van der Waals surface area contributed by atoms with Crippen molar-refractivity contribution in [2.24, 2.45) is 5.92 Å². The summed E-state index contributed by atoms with van der Waals surface area (Å²) in [6.07, 6.45) is 4.50. The van der Waals surface area contributed by atoms with Crippen molar-refractivity contribution in [1.29, 1.82) is 0 Å². The molecule has 2 aliphatic rings. The first-order chi connectivity index (χ1) is 12.1. The molecule has 128 valence electrons. The van der Waals surface area contributed by atoms with Crippen LogP contribution in [-0.4, -0.2) is 23.8 Å². The van der Waals surface area contributed by atoms with Gasteiger partial charge in [0.05, 0.1) is 5.56 Å². The van der Waals surface area contributed by atoms with Gasteiger partial charge >= 0.3 is 0 Å². The molecule has 2 amide bonds. The first kappa shape index (κ1) is 15.6. The van der Waals surface area contributed by atoms with E-state index < -0.39 is 0 Å². The van der Waals surface area contributed by atoms with E-state index in [9.17, 15) is 9.59 Å². The summed E-state index contributed by atoms with van der Waals surface area (Å²) in [5, 5.41) is 5.95. The third kappa shape index (κ3) is 2.84. The molecule has 1 aromatic heterocycles. The fourth-order valence-corrected chi connectivity index (χ4v) is 3.25. The number of anilines is 2. The molecule has 1 saturated carbocycles. The number of carbonyl (C=O) groups is 2. The highest BCUT2D eigenvalue weighted by Crippen LogP contribution is 2.31. The standard InChI is InChI=1S/C19H20N4O2/c1-23-16(22-19(25)15-6-3-11-20-17(15)23)12-7-9-14(10-8-12)21-18(24)13-4-2-5-13/h3,6-11,13,16H,2,4-5H2,1H3,(H,21,24)(H,22,25)/t16-/m0/s1. The normalized spacial score (nSPS) is 19.6. The molecular weight excluding hydrogens is 316 g/mol. The molecule has 1 aliphatic heterocycles. The number of nitrogens with zero attached hydrogens (tertiary/aromatic N) is 2. The lowest BCUT2D eigenvalue weighted by molar-refractivity contribution is -0.122. The van der Waals surface area contributed by atoms with Gasteiger partial charge in [0, 0.05) is 24.8 Å². The van der Waals surface area contributed by atoms with E-state index in [1.54, 1.807) is 18.3 Å². The lowest BCUT2D eigenvalue weighted by atomic mass is 9.85. The van der Waals surface area contributed by atoms with Gasteiger partial charge < -0.3 is 15.5 Å². The molecule has 2 N–H and O–H groups in total. The lowest BCUT2D eigenvalue weighted by Gasteiger charge is -2.35. The van der Waals surface area contributed by atoms with Gasteiger partial charge in [-0.15, -0.1) is 0 Å². The quantitative estimate of drug-likeness (QED) is 0.904. The van der Waals surface area contributed by atoms with Gasteiger partial charge in [-0.1, -0.05) is 18.6 Å². The van der Waals surface area contributed by atoms with Crippen LogP contribution in [0, 0.1) is 5.92 Å². The number of hydrogen-bond donors (Lipinski definition) is 2. The highest BCUT2D eigenvalue weighted by Gasteiger charge is 2.30. The van der Waals surface area contributed by atoms with Crippen LogP contribution in [-0.2, 0) is 4.79 Å². The Bertz CT molecular complexity index is 814. The van der Waals surface area contributed by atoms with Crippen molar-refractivity contribution in [2.75, 3.05) is 17.3 Å². The Morgan fingerprint density at radius 3 is 2.68 bits per heavy atom. The minimum atomic E-state index is -0.286. The van der Waals surface area contributed by atoms with Gasteiger partial charge in [-0.3, -0.25) is 9.59 Å².